The molecular weight excluding hydrogens is 428 g/mol. The van der Waals surface area contributed by atoms with Crippen LogP contribution in [0.25, 0.3) is 6.08 Å². The molecule has 0 saturated heterocycles. The second-order valence-electron chi connectivity index (χ2n) is 9.38. The van der Waals surface area contributed by atoms with E-state index in [0.717, 1.165) is 12.0 Å². The molecule has 0 bridgehead atoms. The summed E-state index contributed by atoms with van der Waals surface area (Å²) in [6, 6.07) is 11.8. The SMILES string of the molecule is CC(C)[C@H](NCC=CC(=O)OCC=Cc1ccc(Cc2cccnc2)cc1)C(=O)OC(C)(C)C. The maximum atomic E-state index is 12.3. The summed E-state index contributed by atoms with van der Waals surface area (Å²) in [7, 11) is 0. The minimum Gasteiger partial charge on any atom is -0.459 e. The van der Waals surface area contributed by atoms with Crippen molar-refractivity contribution < 1.29 is 19.1 Å². The van der Waals surface area contributed by atoms with E-state index in [9.17, 15) is 9.59 Å². The van der Waals surface area contributed by atoms with Crippen molar-refractivity contribution in [3.8, 4) is 0 Å². The van der Waals surface area contributed by atoms with Gasteiger partial charge < -0.3 is 14.8 Å². The van der Waals surface area contributed by atoms with Crippen molar-refractivity contribution in [3.05, 3.63) is 83.7 Å². The van der Waals surface area contributed by atoms with Crippen LogP contribution in [0.3, 0.4) is 0 Å². The number of benzene rings is 1. The van der Waals surface area contributed by atoms with Crippen molar-refractivity contribution in [3.63, 3.8) is 0 Å². The Morgan fingerprint density at radius 1 is 1.06 bits per heavy atom. The van der Waals surface area contributed by atoms with E-state index in [1.807, 2.05) is 65.1 Å². The van der Waals surface area contributed by atoms with Gasteiger partial charge in [0.05, 0.1) is 0 Å². The molecule has 2 aromatic rings. The molecule has 182 valence electrons. The van der Waals surface area contributed by atoms with Gasteiger partial charge in [-0.25, -0.2) is 4.79 Å². The number of rotatable bonds is 11. The van der Waals surface area contributed by atoms with E-state index in [0.29, 0.717) is 6.54 Å². The van der Waals surface area contributed by atoms with E-state index in [2.05, 4.69) is 28.5 Å². The van der Waals surface area contributed by atoms with Crippen LogP contribution in [0.15, 0.2) is 67.0 Å². The molecule has 1 N–H and O–H groups in total. The first-order valence-electron chi connectivity index (χ1n) is 11.6. The van der Waals surface area contributed by atoms with Crippen molar-refractivity contribution in [2.45, 2.75) is 52.7 Å². The van der Waals surface area contributed by atoms with Crippen LogP contribution in [0.2, 0.25) is 0 Å². The molecule has 0 aliphatic carbocycles. The molecule has 0 aliphatic rings. The fraction of sp³-hybridized carbons (Fsp3) is 0.393. The summed E-state index contributed by atoms with van der Waals surface area (Å²) in [5, 5.41) is 3.12. The van der Waals surface area contributed by atoms with Crippen LogP contribution in [0, 0.1) is 5.92 Å². The van der Waals surface area contributed by atoms with Crippen LogP contribution in [0.5, 0.6) is 0 Å². The summed E-state index contributed by atoms with van der Waals surface area (Å²) < 4.78 is 10.6. The van der Waals surface area contributed by atoms with Gasteiger partial charge >= 0.3 is 11.9 Å². The lowest BCUT2D eigenvalue weighted by Crippen LogP contribution is -2.44. The van der Waals surface area contributed by atoms with Crippen LogP contribution in [0.4, 0.5) is 0 Å². The highest BCUT2D eigenvalue weighted by atomic mass is 16.6. The van der Waals surface area contributed by atoms with Gasteiger partial charge in [-0.15, -0.1) is 0 Å². The lowest BCUT2D eigenvalue weighted by molar-refractivity contribution is -0.158. The first-order valence-corrected chi connectivity index (χ1v) is 11.6. The highest BCUT2D eigenvalue weighted by molar-refractivity contribution is 5.82. The lowest BCUT2D eigenvalue weighted by atomic mass is 10.0. The molecule has 0 radical (unpaired) electrons. The molecule has 2 rings (SSSR count). The summed E-state index contributed by atoms with van der Waals surface area (Å²) in [4.78, 5) is 28.4. The van der Waals surface area contributed by atoms with E-state index in [-0.39, 0.29) is 18.5 Å². The molecule has 34 heavy (non-hydrogen) atoms. The van der Waals surface area contributed by atoms with Crippen LogP contribution in [-0.4, -0.2) is 41.7 Å². The minimum atomic E-state index is -0.541. The van der Waals surface area contributed by atoms with E-state index in [4.69, 9.17) is 9.47 Å². The predicted molar refractivity (Wildman–Crippen MR) is 135 cm³/mol. The summed E-state index contributed by atoms with van der Waals surface area (Å²) in [6.07, 6.45) is 11.2. The smallest absolute Gasteiger partial charge is 0.330 e. The van der Waals surface area contributed by atoms with Gasteiger partial charge in [0, 0.05) is 25.0 Å². The maximum absolute atomic E-state index is 12.3. The summed E-state index contributed by atoms with van der Waals surface area (Å²) in [6.45, 7) is 9.95. The molecule has 0 amide bonds. The van der Waals surface area contributed by atoms with Gasteiger partial charge in [-0.05, 0) is 61.9 Å². The van der Waals surface area contributed by atoms with E-state index >= 15 is 0 Å². The summed E-state index contributed by atoms with van der Waals surface area (Å²) in [5.41, 5.74) is 2.88. The summed E-state index contributed by atoms with van der Waals surface area (Å²) in [5.74, 6) is -0.671. The zero-order valence-corrected chi connectivity index (χ0v) is 20.8. The molecule has 0 saturated carbocycles. The van der Waals surface area contributed by atoms with E-state index in [1.54, 1.807) is 18.3 Å². The molecule has 1 aromatic heterocycles. The molecule has 6 heteroatoms. The first kappa shape index (κ1) is 27.0. The Labute approximate surface area is 203 Å². The normalized spacial score (nSPS) is 12.9. The number of carbonyl (C=O) groups excluding carboxylic acids is 2. The lowest BCUT2D eigenvalue weighted by Gasteiger charge is -2.26. The third-order valence-corrected chi connectivity index (χ3v) is 4.78. The Morgan fingerprint density at radius 3 is 2.41 bits per heavy atom. The Balaban J connectivity index is 1.71. The van der Waals surface area contributed by atoms with Crippen molar-refractivity contribution in [1.82, 2.24) is 10.3 Å². The number of esters is 2. The number of carbonyl (C=O) groups is 2. The predicted octanol–water partition coefficient (Wildman–Crippen LogP) is 4.74. The van der Waals surface area contributed by atoms with Crippen LogP contribution in [0.1, 0.15) is 51.3 Å². The van der Waals surface area contributed by atoms with Gasteiger partial charge in [0.25, 0.3) is 0 Å². The second kappa shape index (κ2) is 13.5. The highest BCUT2D eigenvalue weighted by Gasteiger charge is 2.26. The number of hydrogen-bond donors (Lipinski definition) is 1. The highest BCUT2D eigenvalue weighted by Crippen LogP contribution is 2.13. The number of nitrogens with zero attached hydrogens (tertiary/aromatic N) is 1. The molecule has 1 heterocycles. The average molecular weight is 465 g/mol. The molecule has 6 nitrogen and oxygen atoms in total. The van der Waals surface area contributed by atoms with E-state index < -0.39 is 17.6 Å². The third kappa shape index (κ3) is 10.6. The monoisotopic (exact) mass is 464 g/mol. The number of pyridine rings is 1. The zero-order chi connectivity index (χ0) is 25.0. The van der Waals surface area contributed by atoms with Gasteiger partial charge in [-0.2, -0.15) is 0 Å². The topological polar surface area (TPSA) is 77.5 Å². The van der Waals surface area contributed by atoms with Gasteiger partial charge in [0.15, 0.2) is 0 Å². The van der Waals surface area contributed by atoms with Gasteiger partial charge in [0.1, 0.15) is 18.2 Å². The molecule has 0 fully saturated rings. The quantitative estimate of drug-likeness (QED) is 0.382. The van der Waals surface area contributed by atoms with Crippen LogP contribution in [-0.2, 0) is 25.5 Å². The molecule has 0 aliphatic heterocycles. The molecule has 1 atom stereocenters. The number of hydrogen-bond acceptors (Lipinski definition) is 6. The fourth-order valence-electron chi connectivity index (χ4n) is 3.15. The fourth-order valence-corrected chi connectivity index (χ4v) is 3.15. The first-order chi connectivity index (χ1) is 16.1. The van der Waals surface area contributed by atoms with Crippen molar-refractivity contribution in [2.75, 3.05) is 13.2 Å². The van der Waals surface area contributed by atoms with Gasteiger partial charge in [-0.3, -0.25) is 9.78 Å². The standard InChI is InChI=1S/C28H36N2O4/c1-21(2)26(27(32)34-28(3,4)5)30-17-7-11-25(31)33-18-8-10-22-12-14-23(15-13-22)19-24-9-6-16-29-20-24/h6-16,20-21,26,30H,17-19H2,1-5H3/t26-/m0/s1. The largest absolute Gasteiger partial charge is 0.459 e. The third-order valence-electron chi connectivity index (χ3n) is 4.78. The summed E-state index contributed by atoms with van der Waals surface area (Å²) >= 11 is 0. The molecule has 1 aromatic carbocycles. The Hall–Kier alpha value is -3.25. The Morgan fingerprint density at radius 2 is 1.79 bits per heavy atom. The van der Waals surface area contributed by atoms with Crippen molar-refractivity contribution in [2.24, 2.45) is 5.92 Å². The zero-order valence-electron chi connectivity index (χ0n) is 20.8. The van der Waals surface area contributed by atoms with Gasteiger partial charge in [0.2, 0.25) is 0 Å². The Kier molecular flexibility index (Phi) is 10.7. The van der Waals surface area contributed by atoms with Crippen molar-refractivity contribution >= 4 is 18.0 Å². The number of ether oxygens (including phenoxy) is 2. The minimum absolute atomic E-state index is 0.0600. The number of aromatic nitrogens is 1. The van der Waals surface area contributed by atoms with Gasteiger partial charge in [-0.1, -0.05) is 56.3 Å². The number of nitrogens with one attached hydrogen (secondary N) is 1. The molecule has 0 unspecified atom stereocenters. The van der Waals surface area contributed by atoms with E-state index in [1.165, 1.54) is 17.2 Å². The average Bonchev–Trinajstić information content (AvgIpc) is 2.77. The second-order valence-corrected chi connectivity index (χ2v) is 9.38. The Bertz CT molecular complexity index is 958. The van der Waals surface area contributed by atoms with Crippen LogP contribution >= 0.6 is 0 Å². The van der Waals surface area contributed by atoms with Crippen LogP contribution < -0.4 is 5.32 Å². The molecule has 0 spiro atoms. The molecular formula is C28H36N2O4. The van der Waals surface area contributed by atoms with Crippen molar-refractivity contribution in [1.29, 1.82) is 0 Å². The maximum Gasteiger partial charge on any atom is 0.330 e.